The van der Waals surface area contributed by atoms with E-state index in [4.69, 9.17) is 10.5 Å². The molecule has 0 atom stereocenters. The van der Waals surface area contributed by atoms with E-state index >= 15 is 0 Å². The summed E-state index contributed by atoms with van der Waals surface area (Å²) in [6.07, 6.45) is 0.177. The highest BCUT2D eigenvalue weighted by molar-refractivity contribution is 5.77. The Kier molecular flexibility index (Phi) is 5.56. The van der Waals surface area contributed by atoms with Crippen LogP contribution in [0, 0.1) is 0 Å². The van der Waals surface area contributed by atoms with Gasteiger partial charge in [-0.15, -0.1) is 0 Å². The normalized spacial score (nSPS) is 14.5. The van der Waals surface area contributed by atoms with Crippen molar-refractivity contribution < 1.29 is 19.1 Å². The fourth-order valence-electron chi connectivity index (χ4n) is 2.52. The van der Waals surface area contributed by atoms with Gasteiger partial charge in [-0.05, 0) is 24.1 Å². The summed E-state index contributed by atoms with van der Waals surface area (Å²) < 4.78 is 4.75. The largest absolute Gasteiger partial charge is 0.411 e. The van der Waals surface area contributed by atoms with E-state index in [1.807, 2.05) is 0 Å². The zero-order chi connectivity index (χ0) is 16.8. The zero-order valence-electron chi connectivity index (χ0n) is 13.2. The predicted octanol–water partition coefficient (Wildman–Crippen LogP) is 0.767. The van der Waals surface area contributed by atoms with Crippen LogP contribution < -0.4 is 10.5 Å². The molecule has 2 N–H and O–H groups in total. The number of hydrogen-bond donors (Lipinski definition) is 1. The van der Waals surface area contributed by atoms with E-state index in [-0.39, 0.29) is 11.8 Å². The standard InChI is InChI=1S/C16H21N3O4/c1-12(20)18-8-10-19(11-9-18)15(21)7-4-13-2-5-14(6-3-13)23-16(17)22/h2-3,5-6H,4,7-11H2,1H3,(H2,17,22). The molecule has 1 heterocycles. The summed E-state index contributed by atoms with van der Waals surface area (Å²) in [5.74, 6) is 0.522. The van der Waals surface area contributed by atoms with E-state index in [0.717, 1.165) is 5.56 Å². The summed E-state index contributed by atoms with van der Waals surface area (Å²) in [6.45, 7) is 3.91. The second kappa shape index (κ2) is 7.62. The Morgan fingerprint density at radius 2 is 1.61 bits per heavy atom. The first-order chi connectivity index (χ1) is 11.0. The number of carbonyl (C=O) groups is 3. The lowest BCUT2D eigenvalue weighted by atomic mass is 10.1. The number of primary amides is 1. The second-order valence-corrected chi connectivity index (χ2v) is 5.45. The average Bonchev–Trinajstić information content (AvgIpc) is 2.53. The summed E-state index contributed by atoms with van der Waals surface area (Å²) in [5.41, 5.74) is 5.92. The highest BCUT2D eigenvalue weighted by Gasteiger charge is 2.21. The SMILES string of the molecule is CC(=O)N1CCN(C(=O)CCc2ccc(OC(N)=O)cc2)CC1. The van der Waals surface area contributed by atoms with Crippen LogP contribution in [0.5, 0.6) is 5.75 Å². The molecule has 0 saturated carbocycles. The van der Waals surface area contributed by atoms with Crippen molar-refractivity contribution >= 4 is 17.9 Å². The third-order valence-corrected chi connectivity index (χ3v) is 3.85. The first kappa shape index (κ1) is 16.8. The van der Waals surface area contributed by atoms with Crippen LogP contribution in [0.25, 0.3) is 0 Å². The molecular formula is C16H21N3O4. The molecule has 1 fully saturated rings. The van der Waals surface area contributed by atoms with Gasteiger partial charge in [-0.25, -0.2) is 4.79 Å². The number of hydrogen-bond acceptors (Lipinski definition) is 4. The molecule has 1 saturated heterocycles. The molecule has 0 radical (unpaired) electrons. The number of ether oxygens (including phenoxy) is 1. The molecule has 1 aromatic rings. The summed E-state index contributed by atoms with van der Waals surface area (Å²) in [6, 6.07) is 6.91. The molecular weight excluding hydrogens is 298 g/mol. The van der Waals surface area contributed by atoms with Crippen molar-refractivity contribution in [1.29, 1.82) is 0 Å². The van der Waals surface area contributed by atoms with Crippen molar-refractivity contribution in [2.24, 2.45) is 5.73 Å². The van der Waals surface area contributed by atoms with Crippen molar-refractivity contribution in [3.8, 4) is 5.75 Å². The molecule has 7 nitrogen and oxygen atoms in total. The summed E-state index contributed by atoms with van der Waals surface area (Å²) in [7, 11) is 0. The van der Waals surface area contributed by atoms with Gasteiger partial charge in [0.25, 0.3) is 0 Å². The maximum absolute atomic E-state index is 12.2. The Morgan fingerprint density at radius 1 is 1.04 bits per heavy atom. The quantitative estimate of drug-likeness (QED) is 0.887. The van der Waals surface area contributed by atoms with Crippen LogP contribution in [0.4, 0.5) is 4.79 Å². The lowest BCUT2D eigenvalue weighted by Gasteiger charge is -2.34. The van der Waals surface area contributed by atoms with Gasteiger partial charge in [0, 0.05) is 39.5 Å². The van der Waals surface area contributed by atoms with Crippen molar-refractivity contribution in [1.82, 2.24) is 9.80 Å². The lowest BCUT2D eigenvalue weighted by Crippen LogP contribution is -2.50. The van der Waals surface area contributed by atoms with Crippen molar-refractivity contribution in [3.63, 3.8) is 0 Å². The molecule has 0 spiro atoms. The summed E-state index contributed by atoms with van der Waals surface area (Å²) in [5, 5.41) is 0. The molecule has 7 heteroatoms. The Labute approximate surface area is 135 Å². The van der Waals surface area contributed by atoms with Gasteiger partial charge >= 0.3 is 6.09 Å². The molecule has 2 rings (SSSR count). The monoisotopic (exact) mass is 319 g/mol. The van der Waals surface area contributed by atoms with Crippen LogP contribution in [0.3, 0.4) is 0 Å². The first-order valence-electron chi connectivity index (χ1n) is 7.55. The molecule has 0 bridgehead atoms. The van der Waals surface area contributed by atoms with Crippen molar-refractivity contribution in [3.05, 3.63) is 29.8 Å². The maximum atomic E-state index is 12.2. The molecule has 0 aliphatic carbocycles. The number of nitrogens with zero attached hydrogens (tertiary/aromatic N) is 2. The molecule has 1 aromatic carbocycles. The number of amides is 3. The summed E-state index contributed by atoms with van der Waals surface area (Å²) in [4.78, 5) is 37.6. The number of benzene rings is 1. The van der Waals surface area contributed by atoms with E-state index in [0.29, 0.717) is 44.8 Å². The van der Waals surface area contributed by atoms with Gasteiger partial charge in [0.05, 0.1) is 0 Å². The highest BCUT2D eigenvalue weighted by Crippen LogP contribution is 2.14. The second-order valence-electron chi connectivity index (χ2n) is 5.45. The van der Waals surface area contributed by atoms with Gasteiger partial charge in [0.15, 0.2) is 0 Å². The number of piperazine rings is 1. The maximum Gasteiger partial charge on any atom is 0.409 e. The topological polar surface area (TPSA) is 92.9 Å². The fraction of sp³-hybridized carbons (Fsp3) is 0.438. The smallest absolute Gasteiger partial charge is 0.409 e. The van der Waals surface area contributed by atoms with Gasteiger partial charge < -0.3 is 20.3 Å². The molecule has 0 aromatic heterocycles. The average molecular weight is 319 g/mol. The van der Waals surface area contributed by atoms with Gasteiger partial charge in [-0.2, -0.15) is 0 Å². The number of nitrogens with two attached hydrogens (primary N) is 1. The van der Waals surface area contributed by atoms with Gasteiger partial charge in [0.2, 0.25) is 11.8 Å². The van der Waals surface area contributed by atoms with E-state index in [1.165, 1.54) is 0 Å². The van der Waals surface area contributed by atoms with E-state index < -0.39 is 6.09 Å². The number of aryl methyl sites for hydroxylation is 1. The Bertz CT molecular complexity index is 577. The molecule has 1 aliphatic heterocycles. The van der Waals surface area contributed by atoms with Crippen LogP contribution in [-0.2, 0) is 16.0 Å². The third kappa shape index (κ3) is 4.98. The minimum atomic E-state index is -0.849. The zero-order valence-corrected chi connectivity index (χ0v) is 13.2. The molecule has 3 amide bonds. The summed E-state index contributed by atoms with van der Waals surface area (Å²) >= 11 is 0. The third-order valence-electron chi connectivity index (χ3n) is 3.85. The Hall–Kier alpha value is -2.57. The van der Waals surface area contributed by atoms with Crippen LogP contribution >= 0.6 is 0 Å². The molecule has 0 unspecified atom stereocenters. The minimum absolute atomic E-state index is 0.0513. The number of carbonyl (C=O) groups excluding carboxylic acids is 3. The van der Waals surface area contributed by atoms with Crippen LogP contribution in [-0.4, -0.2) is 53.9 Å². The minimum Gasteiger partial charge on any atom is -0.411 e. The van der Waals surface area contributed by atoms with Crippen LogP contribution in [0.15, 0.2) is 24.3 Å². The van der Waals surface area contributed by atoms with Crippen molar-refractivity contribution in [2.75, 3.05) is 26.2 Å². The predicted molar refractivity (Wildman–Crippen MR) is 83.8 cm³/mol. The van der Waals surface area contributed by atoms with Crippen LogP contribution in [0.1, 0.15) is 18.9 Å². The number of rotatable bonds is 4. The fourth-order valence-corrected chi connectivity index (χ4v) is 2.52. The van der Waals surface area contributed by atoms with Gasteiger partial charge in [-0.3, -0.25) is 9.59 Å². The molecule has 1 aliphatic rings. The van der Waals surface area contributed by atoms with E-state index in [9.17, 15) is 14.4 Å². The van der Waals surface area contributed by atoms with E-state index in [2.05, 4.69) is 0 Å². The lowest BCUT2D eigenvalue weighted by molar-refractivity contribution is -0.138. The molecule has 124 valence electrons. The van der Waals surface area contributed by atoms with Crippen molar-refractivity contribution in [2.45, 2.75) is 19.8 Å². The molecule has 23 heavy (non-hydrogen) atoms. The first-order valence-corrected chi connectivity index (χ1v) is 7.55. The van der Waals surface area contributed by atoms with Gasteiger partial charge in [0.1, 0.15) is 5.75 Å². The Balaban J connectivity index is 1.78. The van der Waals surface area contributed by atoms with E-state index in [1.54, 1.807) is 41.0 Å². The highest BCUT2D eigenvalue weighted by atomic mass is 16.5. The Morgan fingerprint density at radius 3 is 2.13 bits per heavy atom. The van der Waals surface area contributed by atoms with Crippen LogP contribution in [0.2, 0.25) is 0 Å². The van der Waals surface area contributed by atoms with Gasteiger partial charge in [-0.1, -0.05) is 12.1 Å².